The van der Waals surface area contributed by atoms with Crippen LogP contribution in [-0.4, -0.2) is 25.8 Å². The lowest BCUT2D eigenvalue weighted by Gasteiger charge is -2.12. The maximum atomic E-state index is 13.4. The summed E-state index contributed by atoms with van der Waals surface area (Å²) in [4.78, 5) is 11.5. The van der Waals surface area contributed by atoms with Crippen LogP contribution in [0, 0.1) is 11.6 Å². The molecule has 2 N–H and O–H groups in total. The number of carbonyl (C=O) groups excluding carboxylic acids is 1. The fourth-order valence-electron chi connectivity index (χ4n) is 1.27. The zero-order valence-corrected chi connectivity index (χ0v) is 9.50. The van der Waals surface area contributed by atoms with Crippen molar-refractivity contribution in [2.24, 2.45) is 0 Å². The Balaban J connectivity index is 2.89. The SMILES string of the molecule is COCC(C)OC(=O)c1cc(F)cc(N)c1F. The fourth-order valence-corrected chi connectivity index (χ4v) is 1.27. The molecule has 6 heteroatoms. The van der Waals surface area contributed by atoms with E-state index in [1.54, 1.807) is 6.92 Å². The van der Waals surface area contributed by atoms with E-state index in [-0.39, 0.29) is 6.61 Å². The molecule has 0 fully saturated rings. The van der Waals surface area contributed by atoms with Gasteiger partial charge in [0.2, 0.25) is 0 Å². The van der Waals surface area contributed by atoms with Crippen molar-refractivity contribution in [3.63, 3.8) is 0 Å². The third-order valence-corrected chi connectivity index (χ3v) is 2.00. The summed E-state index contributed by atoms with van der Waals surface area (Å²) < 4.78 is 36.0. The van der Waals surface area contributed by atoms with Crippen molar-refractivity contribution in [2.45, 2.75) is 13.0 Å². The topological polar surface area (TPSA) is 61.5 Å². The van der Waals surface area contributed by atoms with E-state index in [1.807, 2.05) is 0 Å². The number of nitrogens with two attached hydrogens (primary N) is 1. The first-order valence-electron chi connectivity index (χ1n) is 4.90. The van der Waals surface area contributed by atoms with E-state index in [4.69, 9.17) is 15.2 Å². The molecule has 1 unspecified atom stereocenters. The molecule has 1 aromatic rings. The van der Waals surface area contributed by atoms with Crippen molar-refractivity contribution in [1.82, 2.24) is 0 Å². The Morgan fingerprint density at radius 1 is 1.47 bits per heavy atom. The van der Waals surface area contributed by atoms with Gasteiger partial charge >= 0.3 is 5.97 Å². The molecule has 0 bridgehead atoms. The second-order valence-electron chi connectivity index (χ2n) is 3.53. The maximum Gasteiger partial charge on any atom is 0.341 e. The lowest BCUT2D eigenvalue weighted by molar-refractivity contribution is 0.0115. The predicted molar refractivity (Wildman–Crippen MR) is 57.5 cm³/mol. The molecule has 0 radical (unpaired) electrons. The first kappa shape index (κ1) is 13.4. The van der Waals surface area contributed by atoms with Crippen LogP contribution >= 0.6 is 0 Å². The van der Waals surface area contributed by atoms with Crippen LogP contribution < -0.4 is 5.73 Å². The minimum atomic E-state index is -0.985. The Morgan fingerprint density at radius 2 is 2.12 bits per heavy atom. The van der Waals surface area contributed by atoms with Crippen molar-refractivity contribution in [2.75, 3.05) is 19.5 Å². The molecule has 0 saturated carbocycles. The summed E-state index contributed by atoms with van der Waals surface area (Å²) in [6, 6.07) is 1.54. The predicted octanol–water partition coefficient (Wildman–Crippen LogP) is 1.74. The number of methoxy groups -OCH3 is 1. The molecule has 94 valence electrons. The minimum absolute atomic E-state index is 0.165. The van der Waals surface area contributed by atoms with E-state index in [0.29, 0.717) is 0 Å². The van der Waals surface area contributed by atoms with Crippen LogP contribution in [0.5, 0.6) is 0 Å². The normalized spacial score (nSPS) is 12.2. The molecule has 0 aromatic heterocycles. The molecule has 0 amide bonds. The van der Waals surface area contributed by atoms with Gasteiger partial charge in [0.05, 0.1) is 12.3 Å². The Morgan fingerprint density at radius 3 is 2.71 bits per heavy atom. The van der Waals surface area contributed by atoms with Crippen molar-refractivity contribution in [1.29, 1.82) is 0 Å². The fraction of sp³-hybridized carbons (Fsp3) is 0.364. The first-order valence-corrected chi connectivity index (χ1v) is 4.90. The number of hydrogen-bond donors (Lipinski definition) is 1. The third-order valence-electron chi connectivity index (χ3n) is 2.00. The molecule has 0 aliphatic carbocycles. The zero-order valence-electron chi connectivity index (χ0n) is 9.50. The first-order chi connectivity index (χ1) is 7.95. The van der Waals surface area contributed by atoms with E-state index >= 15 is 0 Å². The van der Waals surface area contributed by atoms with Crippen LogP contribution in [0.2, 0.25) is 0 Å². The van der Waals surface area contributed by atoms with E-state index < -0.39 is 35.0 Å². The van der Waals surface area contributed by atoms with Crippen LogP contribution in [0.1, 0.15) is 17.3 Å². The van der Waals surface area contributed by atoms with Gasteiger partial charge < -0.3 is 15.2 Å². The summed E-state index contributed by atoms with van der Waals surface area (Å²) in [6.45, 7) is 1.74. The second-order valence-corrected chi connectivity index (χ2v) is 3.53. The quantitative estimate of drug-likeness (QED) is 0.648. The summed E-state index contributed by atoms with van der Waals surface area (Å²) in [7, 11) is 1.44. The Kier molecular flexibility index (Phi) is 4.39. The molecule has 1 rings (SSSR count). The van der Waals surface area contributed by atoms with Gasteiger partial charge in [0.25, 0.3) is 0 Å². The van der Waals surface area contributed by atoms with Crippen LogP contribution in [0.15, 0.2) is 12.1 Å². The standard InChI is InChI=1S/C11H13F2NO3/c1-6(5-16-2)17-11(15)8-3-7(12)4-9(14)10(8)13/h3-4,6H,5,14H2,1-2H3. The summed E-state index contributed by atoms with van der Waals surface area (Å²) >= 11 is 0. The van der Waals surface area contributed by atoms with Gasteiger partial charge in [-0.1, -0.05) is 0 Å². The van der Waals surface area contributed by atoms with E-state index in [1.165, 1.54) is 7.11 Å². The Labute approximate surface area is 97.3 Å². The lowest BCUT2D eigenvalue weighted by Crippen LogP contribution is -2.20. The van der Waals surface area contributed by atoms with E-state index in [9.17, 15) is 13.6 Å². The number of ether oxygens (including phenoxy) is 2. The molecule has 0 spiro atoms. The second kappa shape index (κ2) is 5.58. The Hall–Kier alpha value is -1.69. The highest BCUT2D eigenvalue weighted by atomic mass is 19.1. The number of hydrogen-bond acceptors (Lipinski definition) is 4. The number of carbonyl (C=O) groups is 1. The molecule has 0 saturated heterocycles. The lowest BCUT2D eigenvalue weighted by atomic mass is 10.2. The van der Waals surface area contributed by atoms with Gasteiger partial charge in [0, 0.05) is 7.11 Å². The van der Waals surface area contributed by atoms with Gasteiger partial charge in [-0.25, -0.2) is 13.6 Å². The van der Waals surface area contributed by atoms with Gasteiger partial charge in [0.1, 0.15) is 17.5 Å². The van der Waals surface area contributed by atoms with Gasteiger partial charge in [-0.15, -0.1) is 0 Å². The molecular formula is C11H13F2NO3. The summed E-state index contributed by atoms with van der Waals surface area (Å²) in [5, 5.41) is 0. The molecule has 0 aliphatic heterocycles. The summed E-state index contributed by atoms with van der Waals surface area (Å²) in [5.74, 6) is -2.76. The number of nitrogen functional groups attached to an aromatic ring is 1. The maximum absolute atomic E-state index is 13.4. The monoisotopic (exact) mass is 245 g/mol. The van der Waals surface area contributed by atoms with Crippen LogP contribution in [0.3, 0.4) is 0 Å². The molecule has 4 nitrogen and oxygen atoms in total. The highest BCUT2D eigenvalue weighted by molar-refractivity contribution is 5.91. The van der Waals surface area contributed by atoms with Crippen LogP contribution in [-0.2, 0) is 9.47 Å². The van der Waals surface area contributed by atoms with Crippen LogP contribution in [0.4, 0.5) is 14.5 Å². The molecule has 1 atom stereocenters. The van der Waals surface area contributed by atoms with Crippen molar-refractivity contribution < 1.29 is 23.0 Å². The molecule has 0 aliphatic rings. The number of rotatable bonds is 4. The van der Waals surface area contributed by atoms with Crippen LogP contribution in [0.25, 0.3) is 0 Å². The molecule has 0 heterocycles. The van der Waals surface area contributed by atoms with E-state index in [0.717, 1.165) is 12.1 Å². The van der Waals surface area contributed by atoms with Crippen molar-refractivity contribution in [3.8, 4) is 0 Å². The smallest absolute Gasteiger partial charge is 0.341 e. The number of halogens is 2. The minimum Gasteiger partial charge on any atom is -0.457 e. The highest BCUT2D eigenvalue weighted by Gasteiger charge is 2.19. The number of anilines is 1. The van der Waals surface area contributed by atoms with Gasteiger partial charge in [0.15, 0.2) is 5.82 Å². The number of benzene rings is 1. The van der Waals surface area contributed by atoms with Gasteiger partial charge in [-0.2, -0.15) is 0 Å². The zero-order chi connectivity index (χ0) is 13.0. The molecule has 17 heavy (non-hydrogen) atoms. The Bertz CT molecular complexity index is 423. The van der Waals surface area contributed by atoms with Gasteiger partial charge in [-0.05, 0) is 19.1 Å². The molecule has 1 aromatic carbocycles. The average Bonchev–Trinajstić information content (AvgIpc) is 2.23. The average molecular weight is 245 g/mol. The van der Waals surface area contributed by atoms with E-state index in [2.05, 4.69) is 0 Å². The summed E-state index contributed by atoms with van der Waals surface area (Å²) in [6.07, 6.45) is -0.559. The largest absolute Gasteiger partial charge is 0.457 e. The van der Waals surface area contributed by atoms with Crippen molar-refractivity contribution >= 4 is 11.7 Å². The summed E-state index contributed by atoms with van der Waals surface area (Å²) in [5.41, 5.74) is 4.24. The molecular weight excluding hydrogens is 232 g/mol. The van der Waals surface area contributed by atoms with Gasteiger partial charge in [-0.3, -0.25) is 0 Å². The third kappa shape index (κ3) is 3.39. The number of esters is 1. The highest BCUT2D eigenvalue weighted by Crippen LogP contribution is 2.18. The van der Waals surface area contributed by atoms with Crippen molar-refractivity contribution in [3.05, 3.63) is 29.3 Å².